The minimum Gasteiger partial charge on any atom is -0.493 e. The van der Waals surface area contributed by atoms with Gasteiger partial charge in [-0.15, -0.1) is 0 Å². The number of hydrogen-bond donors (Lipinski definition) is 1. The molecule has 7 heteroatoms. The fourth-order valence-corrected chi connectivity index (χ4v) is 1.67. The highest BCUT2D eigenvalue weighted by Crippen LogP contribution is 2.32. The monoisotopic (exact) mass is 290 g/mol. The summed E-state index contributed by atoms with van der Waals surface area (Å²) in [6.07, 6.45) is 2.46. The van der Waals surface area contributed by atoms with Crippen molar-refractivity contribution in [2.24, 2.45) is 0 Å². The fourth-order valence-electron chi connectivity index (χ4n) is 1.67. The van der Waals surface area contributed by atoms with Gasteiger partial charge in [0.15, 0.2) is 23.9 Å². The summed E-state index contributed by atoms with van der Waals surface area (Å²) in [7, 11) is 1.50. The van der Waals surface area contributed by atoms with Crippen LogP contribution in [-0.2, 0) is 11.4 Å². The maximum atomic E-state index is 10.6. The van der Waals surface area contributed by atoms with E-state index >= 15 is 0 Å². The Kier molecular flexibility index (Phi) is 4.55. The molecule has 7 nitrogen and oxygen atoms in total. The van der Waals surface area contributed by atoms with E-state index in [1.165, 1.54) is 13.2 Å². The zero-order chi connectivity index (χ0) is 15.2. The number of ether oxygens (including phenoxy) is 2. The number of carboxylic acid groups (broad SMARTS) is 1. The van der Waals surface area contributed by atoms with Crippen molar-refractivity contribution in [2.45, 2.75) is 13.5 Å². The van der Waals surface area contributed by atoms with Gasteiger partial charge in [-0.2, -0.15) is 4.98 Å². The van der Waals surface area contributed by atoms with Crippen LogP contribution in [0.5, 0.6) is 11.5 Å². The third-order valence-electron chi connectivity index (χ3n) is 2.54. The molecule has 0 spiro atoms. The molecule has 0 saturated heterocycles. The molecule has 2 aromatic rings. The van der Waals surface area contributed by atoms with Crippen molar-refractivity contribution in [3.05, 3.63) is 41.6 Å². The predicted molar refractivity (Wildman–Crippen MR) is 73.0 cm³/mol. The summed E-state index contributed by atoms with van der Waals surface area (Å²) < 4.78 is 15.8. The second-order valence-corrected chi connectivity index (χ2v) is 4.07. The highest BCUT2D eigenvalue weighted by Gasteiger charge is 2.11. The van der Waals surface area contributed by atoms with Crippen LogP contribution in [0.15, 0.2) is 28.8 Å². The molecule has 0 saturated carbocycles. The van der Waals surface area contributed by atoms with E-state index in [2.05, 4.69) is 10.1 Å². The van der Waals surface area contributed by atoms with Gasteiger partial charge in [-0.25, -0.2) is 4.79 Å². The van der Waals surface area contributed by atoms with Gasteiger partial charge in [0, 0.05) is 11.6 Å². The Morgan fingerprint density at radius 3 is 2.90 bits per heavy atom. The topological polar surface area (TPSA) is 94.7 Å². The van der Waals surface area contributed by atoms with Gasteiger partial charge in [-0.1, -0.05) is 17.3 Å². The Labute approximate surface area is 120 Å². The van der Waals surface area contributed by atoms with Crippen molar-refractivity contribution < 1.29 is 23.9 Å². The van der Waals surface area contributed by atoms with Crippen molar-refractivity contribution in [3.63, 3.8) is 0 Å². The van der Waals surface area contributed by atoms with Gasteiger partial charge >= 0.3 is 5.97 Å². The number of carboxylic acids is 1. The van der Waals surface area contributed by atoms with E-state index in [0.717, 1.165) is 6.08 Å². The van der Waals surface area contributed by atoms with E-state index in [-0.39, 0.29) is 6.61 Å². The van der Waals surface area contributed by atoms with E-state index in [9.17, 15) is 4.79 Å². The summed E-state index contributed by atoms with van der Waals surface area (Å²) in [4.78, 5) is 14.7. The van der Waals surface area contributed by atoms with Crippen LogP contribution in [0.4, 0.5) is 0 Å². The number of methoxy groups -OCH3 is 1. The molecule has 0 radical (unpaired) electrons. The summed E-state index contributed by atoms with van der Waals surface area (Å²) in [5.74, 6) is 0.689. The molecule has 0 fully saturated rings. The molecule has 0 bridgehead atoms. The molecular weight excluding hydrogens is 276 g/mol. The molecule has 110 valence electrons. The van der Waals surface area contributed by atoms with E-state index in [1.54, 1.807) is 25.1 Å². The first-order valence-corrected chi connectivity index (χ1v) is 6.10. The normalized spacial score (nSPS) is 10.8. The Balaban J connectivity index is 2.24. The maximum Gasteiger partial charge on any atom is 0.328 e. The van der Waals surface area contributed by atoms with Crippen LogP contribution in [0, 0.1) is 6.92 Å². The number of rotatable bonds is 6. The quantitative estimate of drug-likeness (QED) is 0.813. The second kappa shape index (κ2) is 6.56. The molecule has 0 aliphatic rings. The highest BCUT2D eigenvalue weighted by atomic mass is 16.5. The van der Waals surface area contributed by atoms with Crippen molar-refractivity contribution in [2.75, 3.05) is 7.11 Å². The molecule has 1 N–H and O–H groups in total. The van der Waals surface area contributed by atoms with Gasteiger partial charge in [0.05, 0.1) is 7.11 Å². The van der Waals surface area contributed by atoms with E-state index in [4.69, 9.17) is 19.1 Å². The van der Waals surface area contributed by atoms with Crippen molar-refractivity contribution in [3.8, 4) is 11.5 Å². The lowest BCUT2D eigenvalue weighted by Crippen LogP contribution is -2.00. The third kappa shape index (κ3) is 3.82. The molecule has 0 amide bonds. The van der Waals surface area contributed by atoms with Crippen LogP contribution in [-0.4, -0.2) is 28.3 Å². The molecule has 0 unspecified atom stereocenters. The number of benzene rings is 1. The van der Waals surface area contributed by atoms with Gasteiger partial charge in [0.1, 0.15) is 0 Å². The molecule has 0 aliphatic heterocycles. The van der Waals surface area contributed by atoms with Crippen LogP contribution in [0.3, 0.4) is 0 Å². The number of hydrogen-bond acceptors (Lipinski definition) is 6. The lowest BCUT2D eigenvalue weighted by Gasteiger charge is -2.11. The zero-order valence-corrected chi connectivity index (χ0v) is 11.6. The van der Waals surface area contributed by atoms with Gasteiger partial charge in [-0.3, -0.25) is 0 Å². The standard InChI is InChI=1S/C14H14N2O5/c1-9-15-12(21-16-9)8-20-14-10(6-7-13(17)18)4-3-5-11(14)19-2/h3-7H,8H2,1-2H3,(H,17,18)/b7-6+. The number of aromatic nitrogens is 2. The maximum absolute atomic E-state index is 10.6. The molecule has 0 aliphatic carbocycles. The minimum atomic E-state index is -1.05. The van der Waals surface area contributed by atoms with Crippen molar-refractivity contribution in [1.29, 1.82) is 0 Å². The van der Waals surface area contributed by atoms with Crippen LogP contribution < -0.4 is 9.47 Å². The average molecular weight is 290 g/mol. The van der Waals surface area contributed by atoms with Gasteiger partial charge in [-0.05, 0) is 19.1 Å². The fraction of sp³-hybridized carbons (Fsp3) is 0.214. The first-order chi connectivity index (χ1) is 10.1. The highest BCUT2D eigenvalue weighted by molar-refractivity contribution is 5.86. The number of aliphatic carboxylic acids is 1. The Hall–Kier alpha value is -2.83. The van der Waals surface area contributed by atoms with Gasteiger partial charge < -0.3 is 19.1 Å². The van der Waals surface area contributed by atoms with Gasteiger partial charge in [0.25, 0.3) is 5.89 Å². The van der Waals surface area contributed by atoms with Crippen molar-refractivity contribution >= 4 is 12.0 Å². The molecule has 21 heavy (non-hydrogen) atoms. The van der Waals surface area contributed by atoms with Crippen LogP contribution in [0.1, 0.15) is 17.3 Å². The lowest BCUT2D eigenvalue weighted by atomic mass is 10.1. The SMILES string of the molecule is COc1cccc(/C=C/C(=O)O)c1OCc1nc(C)no1. The van der Waals surface area contributed by atoms with Gasteiger partial charge in [0.2, 0.25) is 0 Å². The first-order valence-electron chi connectivity index (χ1n) is 6.10. The van der Waals surface area contributed by atoms with E-state index in [1.807, 2.05) is 0 Å². The molecular formula is C14H14N2O5. The molecule has 1 aromatic heterocycles. The molecule has 1 aromatic carbocycles. The first kappa shape index (κ1) is 14.6. The lowest BCUT2D eigenvalue weighted by molar-refractivity contribution is -0.131. The Bertz CT molecular complexity index is 663. The predicted octanol–water partition coefficient (Wildman–Crippen LogP) is 2.06. The molecule has 1 heterocycles. The summed E-state index contributed by atoms with van der Waals surface area (Å²) in [6.45, 7) is 1.77. The Morgan fingerprint density at radius 1 is 1.48 bits per heavy atom. The molecule has 2 rings (SSSR count). The summed E-state index contributed by atoms with van der Waals surface area (Å²) in [5, 5.41) is 12.4. The smallest absolute Gasteiger partial charge is 0.328 e. The second-order valence-electron chi connectivity index (χ2n) is 4.07. The van der Waals surface area contributed by atoms with E-state index < -0.39 is 5.97 Å². The number of aryl methyl sites for hydroxylation is 1. The minimum absolute atomic E-state index is 0.0646. The van der Waals surface area contributed by atoms with Crippen LogP contribution >= 0.6 is 0 Å². The third-order valence-corrected chi connectivity index (χ3v) is 2.54. The molecule has 0 atom stereocenters. The number of para-hydroxylation sites is 1. The van der Waals surface area contributed by atoms with Crippen LogP contribution in [0.2, 0.25) is 0 Å². The summed E-state index contributed by atoms with van der Waals surface area (Å²) in [6, 6.07) is 5.17. The summed E-state index contributed by atoms with van der Waals surface area (Å²) >= 11 is 0. The van der Waals surface area contributed by atoms with Crippen LogP contribution in [0.25, 0.3) is 6.08 Å². The Morgan fingerprint density at radius 2 is 2.29 bits per heavy atom. The number of nitrogens with zero attached hydrogens (tertiary/aromatic N) is 2. The average Bonchev–Trinajstić information content (AvgIpc) is 2.88. The van der Waals surface area contributed by atoms with Crippen molar-refractivity contribution in [1.82, 2.24) is 10.1 Å². The van der Waals surface area contributed by atoms with E-state index in [0.29, 0.717) is 28.8 Å². The summed E-state index contributed by atoms with van der Waals surface area (Å²) in [5.41, 5.74) is 0.577. The zero-order valence-electron chi connectivity index (χ0n) is 11.6. The largest absolute Gasteiger partial charge is 0.493 e. The number of carbonyl (C=O) groups is 1.